The van der Waals surface area contributed by atoms with Crippen molar-refractivity contribution >= 4 is 27.9 Å². The molecule has 0 radical (unpaired) electrons. The monoisotopic (exact) mass is 303 g/mol. The SMILES string of the molecule is Cc1sc2c(c1C)C(=O)NC(c1ccc([N+](=O)[O-])cc1)N2. The highest BCUT2D eigenvalue weighted by Gasteiger charge is 2.29. The van der Waals surface area contributed by atoms with Crippen molar-refractivity contribution in [2.45, 2.75) is 20.0 Å². The number of aryl methyl sites for hydroxylation is 1. The predicted molar refractivity (Wildman–Crippen MR) is 80.7 cm³/mol. The summed E-state index contributed by atoms with van der Waals surface area (Å²) in [6, 6.07) is 6.16. The molecule has 1 atom stereocenters. The van der Waals surface area contributed by atoms with E-state index in [1.54, 1.807) is 23.5 Å². The number of nitro groups is 1. The summed E-state index contributed by atoms with van der Waals surface area (Å²) >= 11 is 1.55. The van der Waals surface area contributed by atoms with Crippen LogP contribution in [0.4, 0.5) is 10.7 Å². The maximum absolute atomic E-state index is 12.2. The Morgan fingerprint density at radius 2 is 1.86 bits per heavy atom. The van der Waals surface area contributed by atoms with Crippen molar-refractivity contribution in [1.29, 1.82) is 0 Å². The lowest BCUT2D eigenvalue weighted by atomic mass is 10.1. The summed E-state index contributed by atoms with van der Waals surface area (Å²) in [6.07, 6.45) is -0.372. The molecule has 0 spiro atoms. The molecule has 1 aromatic carbocycles. The van der Waals surface area contributed by atoms with Crippen LogP contribution < -0.4 is 10.6 Å². The van der Waals surface area contributed by atoms with Crippen LogP contribution in [0.3, 0.4) is 0 Å². The molecule has 108 valence electrons. The van der Waals surface area contributed by atoms with Crippen LogP contribution >= 0.6 is 11.3 Å². The zero-order valence-electron chi connectivity index (χ0n) is 11.5. The Morgan fingerprint density at radius 1 is 1.19 bits per heavy atom. The van der Waals surface area contributed by atoms with Gasteiger partial charge in [-0.05, 0) is 37.1 Å². The number of hydrogen-bond acceptors (Lipinski definition) is 5. The Morgan fingerprint density at radius 3 is 2.48 bits per heavy atom. The highest BCUT2D eigenvalue weighted by Crippen LogP contribution is 2.37. The number of nitrogens with one attached hydrogen (secondary N) is 2. The van der Waals surface area contributed by atoms with Gasteiger partial charge < -0.3 is 10.6 Å². The first-order valence-electron chi connectivity index (χ1n) is 6.39. The molecule has 1 amide bonds. The standard InChI is InChI=1S/C14H13N3O3S/c1-7-8(2)21-14-11(7)13(18)15-12(16-14)9-3-5-10(6-4-9)17(19)20/h3-6,12,16H,1-2H3,(H,15,18). The van der Waals surface area contributed by atoms with Gasteiger partial charge in [0.05, 0.1) is 10.5 Å². The quantitative estimate of drug-likeness (QED) is 0.659. The van der Waals surface area contributed by atoms with Gasteiger partial charge in [0, 0.05) is 17.0 Å². The fraction of sp³-hybridized carbons (Fsp3) is 0.214. The molecular weight excluding hydrogens is 290 g/mol. The van der Waals surface area contributed by atoms with Gasteiger partial charge in [-0.25, -0.2) is 0 Å². The average molecular weight is 303 g/mol. The maximum atomic E-state index is 12.2. The van der Waals surface area contributed by atoms with Crippen molar-refractivity contribution in [2.75, 3.05) is 5.32 Å². The summed E-state index contributed by atoms with van der Waals surface area (Å²) < 4.78 is 0. The van der Waals surface area contributed by atoms with Crippen molar-refractivity contribution in [3.05, 3.63) is 55.9 Å². The van der Waals surface area contributed by atoms with E-state index in [2.05, 4.69) is 10.6 Å². The van der Waals surface area contributed by atoms with Gasteiger partial charge >= 0.3 is 0 Å². The normalized spacial score (nSPS) is 16.9. The number of rotatable bonds is 2. The molecule has 1 aromatic heterocycles. The van der Waals surface area contributed by atoms with Crippen molar-refractivity contribution < 1.29 is 9.72 Å². The molecule has 1 aliphatic heterocycles. The molecule has 6 nitrogen and oxygen atoms in total. The summed E-state index contributed by atoms with van der Waals surface area (Å²) in [5, 5.41) is 17.7. The molecule has 0 fully saturated rings. The van der Waals surface area contributed by atoms with Crippen molar-refractivity contribution in [3.63, 3.8) is 0 Å². The topological polar surface area (TPSA) is 84.3 Å². The number of non-ortho nitro benzene ring substituents is 1. The van der Waals surface area contributed by atoms with Crippen LogP contribution in [-0.2, 0) is 0 Å². The van der Waals surface area contributed by atoms with Crippen LogP contribution in [0.2, 0.25) is 0 Å². The second-order valence-corrected chi connectivity index (χ2v) is 6.11. The van der Waals surface area contributed by atoms with Crippen LogP contribution in [0.25, 0.3) is 0 Å². The van der Waals surface area contributed by atoms with Crippen LogP contribution in [0, 0.1) is 24.0 Å². The number of carbonyl (C=O) groups is 1. The maximum Gasteiger partial charge on any atom is 0.269 e. The molecule has 2 N–H and O–H groups in total. The molecule has 0 saturated heterocycles. The van der Waals surface area contributed by atoms with Gasteiger partial charge in [-0.15, -0.1) is 11.3 Å². The Kier molecular flexibility index (Phi) is 3.13. The summed E-state index contributed by atoms with van der Waals surface area (Å²) in [5.74, 6) is -0.117. The highest BCUT2D eigenvalue weighted by atomic mass is 32.1. The van der Waals surface area contributed by atoms with Crippen molar-refractivity contribution in [1.82, 2.24) is 5.32 Å². The van der Waals surface area contributed by atoms with Crippen LogP contribution in [0.15, 0.2) is 24.3 Å². The third-order valence-electron chi connectivity index (χ3n) is 3.60. The van der Waals surface area contributed by atoms with E-state index in [0.29, 0.717) is 5.56 Å². The van der Waals surface area contributed by atoms with Gasteiger partial charge in [-0.2, -0.15) is 0 Å². The van der Waals surface area contributed by atoms with Crippen LogP contribution in [-0.4, -0.2) is 10.8 Å². The molecule has 1 unspecified atom stereocenters. The number of thiophene rings is 1. The van der Waals surface area contributed by atoms with Gasteiger partial charge in [0.2, 0.25) is 0 Å². The number of fused-ring (bicyclic) bond motifs is 1. The zero-order valence-corrected chi connectivity index (χ0v) is 12.3. The van der Waals surface area contributed by atoms with E-state index < -0.39 is 4.92 Å². The van der Waals surface area contributed by atoms with Crippen LogP contribution in [0.1, 0.15) is 32.5 Å². The zero-order chi connectivity index (χ0) is 15.1. The molecule has 7 heteroatoms. The molecule has 2 heterocycles. The van der Waals surface area contributed by atoms with Gasteiger partial charge in [0.15, 0.2) is 0 Å². The van der Waals surface area contributed by atoms with E-state index in [-0.39, 0.29) is 17.8 Å². The minimum absolute atomic E-state index is 0.0318. The predicted octanol–water partition coefficient (Wildman–Crippen LogP) is 3.13. The molecule has 0 saturated carbocycles. The Hall–Kier alpha value is -2.41. The molecule has 3 rings (SSSR count). The van der Waals surface area contributed by atoms with Crippen LogP contribution in [0.5, 0.6) is 0 Å². The largest absolute Gasteiger partial charge is 0.353 e. The Bertz CT molecular complexity index is 737. The van der Waals surface area contributed by atoms with E-state index >= 15 is 0 Å². The van der Waals surface area contributed by atoms with E-state index in [1.165, 1.54) is 12.1 Å². The second-order valence-electron chi connectivity index (χ2n) is 4.89. The number of anilines is 1. The highest BCUT2D eigenvalue weighted by molar-refractivity contribution is 7.16. The molecule has 21 heavy (non-hydrogen) atoms. The minimum Gasteiger partial charge on any atom is -0.353 e. The lowest BCUT2D eigenvalue weighted by molar-refractivity contribution is -0.384. The first kappa shape index (κ1) is 13.6. The smallest absolute Gasteiger partial charge is 0.269 e. The first-order chi connectivity index (χ1) is 9.97. The van der Waals surface area contributed by atoms with Crippen molar-refractivity contribution in [2.24, 2.45) is 0 Å². The third-order valence-corrected chi connectivity index (χ3v) is 4.74. The molecule has 2 aromatic rings. The number of nitrogens with zero attached hydrogens (tertiary/aromatic N) is 1. The number of nitro benzene ring substituents is 1. The summed E-state index contributed by atoms with van der Waals surface area (Å²) in [5.41, 5.74) is 2.49. The number of carbonyl (C=O) groups excluding carboxylic acids is 1. The second kappa shape index (κ2) is 4.85. The van der Waals surface area contributed by atoms with Crippen molar-refractivity contribution in [3.8, 4) is 0 Å². The van der Waals surface area contributed by atoms with Gasteiger partial charge in [0.25, 0.3) is 11.6 Å². The molecule has 1 aliphatic rings. The average Bonchev–Trinajstić information content (AvgIpc) is 2.74. The van der Waals surface area contributed by atoms with Gasteiger partial charge in [-0.1, -0.05) is 0 Å². The van der Waals surface area contributed by atoms with E-state index in [9.17, 15) is 14.9 Å². The fourth-order valence-electron chi connectivity index (χ4n) is 2.33. The summed E-state index contributed by atoms with van der Waals surface area (Å²) in [6.45, 7) is 3.91. The Balaban J connectivity index is 1.92. The number of amides is 1. The first-order valence-corrected chi connectivity index (χ1v) is 7.21. The lowest BCUT2D eigenvalue weighted by Crippen LogP contribution is -2.38. The number of hydrogen-bond donors (Lipinski definition) is 2. The molecule has 0 bridgehead atoms. The van der Waals surface area contributed by atoms with E-state index in [4.69, 9.17) is 0 Å². The summed E-state index contributed by atoms with van der Waals surface area (Å²) in [7, 11) is 0. The molecular formula is C14H13N3O3S. The van der Waals surface area contributed by atoms with E-state index in [0.717, 1.165) is 21.0 Å². The lowest BCUT2D eigenvalue weighted by Gasteiger charge is -2.26. The summed E-state index contributed by atoms with van der Waals surface area (Å²) in [4.78, 5) is 23.6. The minimum atomic E-state index is -0.444. The van der Waals surface area contributed by atoms with Gasteiger partial charge in [0.1, 0.15) is 11.2 Å². The number of benzene rings is 1. The molecule has 0 aliphatic carbocycles. The third kappa shape index (κ3) is 2.25. The fourth-order valence-corrected chi connectivity index (χ4v) is 3.41. The Labute approximate surface area is 124 Å². The van der Waals surface area contributed by atoms with Gasteiger partial charge in [-0.3, -0.25) is 14.9 Å². The van der Waals surface area contributed by atoms with E-state index in [1.807, 2.05) is 13.8 Å².